The first-order valence-electron chi connectivity index (χ1n) is 10.5. The van der Waals surface area contributed by atoms with Crippen molar-refractivity contribution in [1.82, 2.24) is 9.88 Å². The van der Waals surface area contributed by atoms with E-state index in [0.717, 1.165) is 42.8 Å². The number of hydrogen-bond donors (Lipinski definition) is 1. The topological polar surface area (TPSA) is 62.4 Å². The second kappa shape index (κ2) is 8.95. The van der Waals surface area contributed by atoms with Crippen LogP contribution in [-0.2, 0) is 0 Å². The highest BCUT2D eigenvalue weighted by molar-refractivity contribution is 6.05. The molecule has 156 valence electrons. The summed E-state index contributed by atoms with van der Waals surface area (Å²) in [6.45, 7) is 8.16. The Hall–Kier alpha value is -2.40. The van der Waals surface area contributed by atoms with Crippen LogP contribution in [0.4, 0.5) is 0 Å². The van der Waals surface area contributed by atoms with Gasteiger partial charge in [-0.1, -0.05) is 25.0 Å². The molecule has 5 heteroatoms. The molecule has 0 radical (unpaired) electrons. The molecule has 29 heavy (non-hydrogen) atoms. The van der Waals surface area contributed by atoms with Crippen molar-refractivity contribution >= 4 is 11.6 Å². The fourth-order valence-corrected chi connectivity index (χ4v) is 4.66. The van der Waals surface area contributed by atoms with E-state index in [1.165, 1.54) is 12.0 Å². The Morgan fingerprint density at radius 2 is 1.83 bits per heavy atom. The van der Waals surface area contributed by atoms with Crippen molar-refractivity contribution in [1.29, 1.82) is 0 Å². The molecule has 0 amide bonds. The van der Waals surface area contributed by atoms with E-state index in [4.69, 9.17) is 4.74 Å². The van der Waals surface area contributed by atoms with E-state index < -0.39 is 0 Å². The van der Waals surface area contributed by atoms with Gasteiger partial charge in [-0.2, -0.15) is 0 Å². The van der Waals surface area contributed by atoms with E-state index in [0.29, 0.717) is 11.3 Å². The number of Topliss-reactive ketones (excluding diaryl/α,β-unsaturated/α-hetero) is 2. The molecule has 2 atom stereocenters. The minimum absolute atomic E-state index is 0.00571. The van der Waals surface area contributed by atoms with E-state index in [-0.39, 0.29) is 23.7 Å². The third kappa shape index (κ3) is 4.30. The molecule has 0 spiro atoms. The zero-order valence-corrected chi connectivity index (χ0v) is 18.2. The lowest BCUT2D eigenvalue weighted by Gasteiger charge is -2.34. The van der Waals surface area contributed by atoms with Crippen LogP contribution < -0.4 is 4.74 Å². The Bertz CT molecular complexity index is 882. The van der Waals surface area contributed by atoms with E-state index >= 15 is 0 Å². The number of aromatic amines is 1. The summed E-state index contributed by atoms with van der Waals surface area (Å²) in [5.74, 6) is 0.889. The summed E-state index contributed by atoms with van der Waals surface area (Å²) in [5.41, 5.74) is 3.97. The predicted molar refractivity (Wildman–Crippen MR) is 115 cm³/mol. The second-order valence-electron chi connectivity index (χ2n) is 8.10. The van der Waals surface area contributed by atoms with Crippen molar-refractivity contribution in [2.45, 2.75) is 65.5 Å². The number of nitrogens with one attached hydrogen (secondary N) is 1. The third-order valence-corrected chi connectivity index (χ3v) is 6.21. The summed E-state index contributed by atoms with van der Waals surface area (Å²) < 4.78 is 5.30. The molecule has 1 aliphatic heterocycles. The van der Waals surface area contributed by atoms with Gasteiger partial charge in [-0.25, -0.2) is 0 Å². The molecule has 2 heterocycles. The van der Waals surface area contributed by atoms with Crippen LogP contribution >= 0.6 is 0 Å². The SMILES string of the molecule is COc1ccc([C@@H]2CCCCCN2[C@@H](C)C(=O)c2[nH]c(C)c(C(C)=O)c2C)cc1. The van der Waals surface area contributed by atoms with E-state index in [2.05, 4.69) is 22.0 Å². The normalized spacial score (nSPS) is 18.9. The molecule has 5 nitrogen and oxygen atoms in total. The molecule has 2 aromatic rings. The van der Waals surface area contributed by atoms with Gasteiger partial charge < -0.3 is 9.72 Å². The molecule has 3 rings (SSSR count). The fourth-order valence-electron chi connectivity index (χ4n) is 4.66. The van der Waals surface area contributed by atoms with Crippen molar-refractivity contribution in [2.75, 3.05) is 13.7 Å². The van der Waals surface area contributed by atoms with Crippen LogP contribution in [0, 0.1) is 13.8 Å². The fraction of sp³-hybridized carbons (Fsp3) is 0.500. The van der Waals surface area contributed by atoms with Crippen LogP contribution in [0.5, 0.6) is 5.75 Å². The Morgan fingerprint density at radius 3 is 2.41 bits per heavy atom. The highest BCUT2D eigenvalue weighted by atomic mass is 16.5. The van der Waals surface area contributed by atoms with E-state index in [9.17, 15) is 9.59 Å². The number of H-pyrrole nitrogens is 1. The standard InChI is InChI=1S/C24H32N2O3/c1-15-22(18(4)27)16(2)25-23(15)24(28)17(3)26-14-8-6-7-9-21(26)19-10-12-20(29-5)13-11-19/h10-13,17,21,25H,6-9,14H2,1-5H3/t17-,21-/m0/s1. The summed E-state index contributed by atoms with van der Waals surface area (Å²) >= 11 is 0. The lowest BCUT2D eigenvalue weighted by Crippen LogP contribution is -2.42. The van der Waals surface area contributed by atoms with Gasteiger partial charge in [-0.15, -0.1) is 0 Å². The number of ketones is 2. The van der Waals surface area contributed by atoms with Crippen molar-refractivity contribution in [3.8, 4) is 5.75 Å². The molecular formula is C24H32N2O3. The molecule has 0 saturated carbocycles. The summed E-state index contributed by atoms with van der Waals surface area (Å²) in [7, 11) is 1.67. The van der Waals surface area contributed by atoms with Crippen LogP contribution in [0.3, 0.4) is 0 Å². The Morgan fingerprint density at radius 1 is 1.14 bits per heavy atom. The maximum Gasteiger partial charge on any atom is 0.196 e. The zero-order chi connectivity index (χ0) is 21.1. The number of aromatic nitrogens is 1. The number of likely N-dealkylation sites (tertiary alicyclic amines) is 1. The smallest absolute Gasteiger partial charge is 0.196 e. The van der Waals surface area contributed by atoms with Gasteiger partial charge in [0.1, 0.15) is 5.75 Å². The number of aryl methyl sites for hydroxylation is 1. The Balaban J connectivity index is 1.91. The summed E-state index contributed by atoms with van der Waals surface area (Å²) in [6.07, 6.45) is 4.46. The van der Waals surface area contributed by atoms with Gasteiger partial charge in [0, 0.05) is 17.3 Å². The number of hydrogen-bond acceptors (Lipinski definition) is 4. The van der Waals surface area contributed by atoms with Crippen LogP contribution in [0.25, 0.3) is 0 Å². The molecule has 1 fully saturated rings. The number of carbonyl (C=O) groups is 2. The Labute approximate surface area is 173 Å². The number of benzene rings is 1. The van der Waals surface area contributed by atoms with Gasteiger partial charge in [0.25, 0.3) is 0 Å². The van der Waals surface area contributed by atoms with Gasteiger partial charge in [-0.05, 0) is 70.3 Å². The van der Waals surface area contributed by atoms with Crippen LogP contribution in [0.1, 0.15) is 83.2 Å². The number of ether oxygens (including phenoxy) is 1. The van der Waals surface area contributed by atoms with Crippen LogP contribution in [0.15, 0.2) is 24.3 Å². The molecule has 0 unspecified atom stereocenters. The summed E-state index contributed by atoms with van der Waals surface area (Å²) in [6, 6.07) is 8.13. The monoisotopic (exact) mass is 396 g/mol. The average molecular weight is 397 g/mol. The first-order valence-corrected chi connectivity index (χ1v) is 10.5. The highest BCUT2D eigenvalue weighted by Crippen LogP contribution is 2.34. The summed E-state index contributed by atoms with van der Waals surface area (Å²) in [4.78, 5) is 30.9. The van der Waals surface area contributed by atoms with Crippen molar-refractivity contribution in [2.24, 2.45) is 0 Å². The van der Waals surface area contributed by atoms with Crippen molar-refractivity contribution in [3.63, 3.8) is 0 Å². The van der Waals surface area contributed by atoms with Gasteiger partial charge in [-0.3, -0.25) is 14.5 Å². The maximum atomic E-state index is 13.4. The minimum Gasteiger partial charge on any atom is -0.497 e. The molecule has 1 N–H and O–H groups in total. The van der Waals surface area contributed by atoms with Gasteiger partial charge in [0.15, 0.2) is 11.6 Å². The second-order valence-corrected chi connectivity index (χ2v) is 8.10. The first kappa shape index (κ1) is 21.3. The van der Waals surface area contributed by atoms with Gasteiger partial charge in [0.05, 0.1) is 18.8 Å². The first-order chi connectivity index (χ1) is 13.8. The van der Waals surface area contributed by atoms with Gasteiger partial charge >= 0.3 is 0 Å². The molecule has 1 aliphatic rings. The van der Waals surface area contributed by atoms with Crippen LogP contribution in [0.2, 0.25) is 0 Å². The summed E-state index contributed by atoms with van der Waals surface area (Å²) in [5, 5.41) is 0. The molecule has 1 saturated heterocycles. The lowest BCUT2D eigenvalue weighted by atomic mass is 9.97. The average Bonchev–Trinajstić information content (AvgIpc) is 2.87. The quantitative estimate of drug-likeness (QED) is 0.696. The third-order valence-electron chi connectivity index (χ3n) is 6.21. The van der Waals surface area contributed by atoms with E-state index in [1.54, 1.807) is 14.0 Å². The Kier molecular flexibility index (Phi) is 6.58. The molecule has 1 aromatic heterocycles. The molecule has 0 bridgehead atoms. The van der Waals surface area contributed by atoms with Crippen LogP contribution in [-0.4, -0.2) is 41.1 Å². The highest BCUT2D eigenvalue weighted by Gasteiger charge is 2.32. The number of methoxy groups -OCH3 is 1. The van der Waals surface area contributed by atoms with E-state index in [1.807, 2.05) is 32.9 Å². The molecular weight excluding hydrogens is 364 g/mol. The maximum absolute atomic E-state index is 13.4. The largest absolute Gasteiger partial charge is 0.497 e. The lowest BCUT2D eigenvalue weighted by molar-refractivity contribution is 0.0757. The number of nitrogens with zero attached hydrogens (tertiary/aromatic N) is 1. The van der Waals surface area contributed by atoms with Gasteiger partial charge in [0.2, 0.25) is 0 Å². The predicted octanol–water partition coefficient (Wildman–Crippen LogP) is 5.03. The molecule has 1 aromatic carbocycles. The zero-order valence-electron chi connectivity index (χ0n) is 18.2. The minimum atomic E-state index is -0.267. The number of rotatable bonds is 6. The van der Waals surface area contributed by atoms with Crippen molar-refractivity contribution < 1.29 is 14.3 Å². The van der Waals surface area contributed by atoms with Crippen molar-refractivity contribution in [3.05, 3.63) is 52.3 Å². The number of carbonyl (C=O) groups excluding carboxylic acids is 2. The molecule has 0 aliphatic carbocycles.